The van der Waals surface area contributed by atoms with Gasteiger partial charge in [-0.05, 0) is 37.2 Å². The van der Waals surface area contributed by atoms with Gasteiger partial charge >= 0.3 is 0 Å². The summed E-state index contributed by atoms with van der Waals surface area (Å²) in [5, 5.41) is 3.22. The average molecular weight is 372 g/mol. The lowest BCUT2D eigenvalue weighted by atomic mass is 10.0. The zero-order valence-corrected chi connectivity index (χ0v) is 16.7. The van der Waals surface area contributed by atoms with E-state index in [9.17, 15) is 9.59 Å². The van der Waals surface area contributed by atoms with E-state index in [2.05, 4.69) is 24.1 Å². The van der Waals surface area contributed by atoms with E-state index >= 15 is 0 Å². The Morgan fingerprint density at radius 1 is 1.07 bits per heavy atom. The topological polar surface area (TPSA) is 52.7 Å². The average Bonchev–Trinajstić information content (AvgIpc) is 3.14. The second-order valence-electron chi connectivity index (χ2n) is 8.38. The summed E-state index contributed by atoms with van der Waals surface area (Å²) in [6.45, 7) is 8.40. The van der Waals surface area contributed by atoms with Gasteiger partial charge in [0.1, 0.15) is 6.04 Å². The summed E-state index contributed by atoms with van der Waals surface area (Å²) < 4.78 is 0. The van der Waals surface area contributed by atoms with Gasteiger partial charge in [-0.15, -0.1) is 0 Å². The number of carbonyl (C=O) groups excluding carboxylic acids is 2. The Morgan fingerprint density at radius 3 is 2.44 bits per heavy atom. The molecule has 2 aliphatic rings. The molecule has 1 atom stereocenters. The number of nitrogens with one attached hydrogen (secondary N) is 1. The smallest absolute Gasteiger partial charge is 0.243 e. The van der Waals surface area contributed by atoms with Crippen molar-refractivity contribution in [1.82, 2.24) is 15.1 Å². The molecule has 2 saturated heterocycles. The number of nitrogens with zero attached hydrogens (tertiary/aromatic N) is 2. The first-order valence-electron chi connectivity index (χ1n) is 10.4. The predicted octanol–water partition coefficient (Wildman–Crippen LogP) is 2.46. The third kappa shape index (κ3) is 5.55. The van der Waals surface area contributed by atoms with Gasteiger partial charge < -0.3 is 15.1 Å². The molecular weight excluding hydrogens is 338 g/mol. The molecule has 5 nitrogen and oxygen atoms in total. The molecule has 1 aromatic rings. The zero-order valence-electron chi connectivity index (χ0n) is 16.7. The molecule has 0 saturated carbocycles. The highest BCUT2D eigenvalue weighted by molar-refractivity contribution is 5.89. The minimum absolute atomic E-state index is 0.0382. The molecule has 0 spiro atoms. The first-order valence-corrected chi connectivity index (χ1v) is 10.4. The lowest BCUT2D eigenvalue weighted by Crippen LogP contribution is -2.52. The molecular formula is C22H33N3O2. The van der Waals surface area contributed by atoms with Crippen molar-refractivity contribution in [2.75, 3.05) is 26.2 Å². The number of carbonyl (C=O) groups is 2. The Balaban J connectivity index is 1.49. The second-order valence-corrected chi connectivity index (χ2v) is 8.38. The number of hydrogen-bond acceptors (Lipinski definition) is 3. The fourth-order valence-electron chi connectivity index (χ4n) is 4.28. The molecule has 1 aromatic carbocycles. The maximum atomic E-state index is 12.8. The number of benzene rings is 1. The summed E-state index contributed by atoms with van der Waals surface area (Å²) in [5.41, 5.74) is 1.01. The van der Waals surface area contributed by atoms with Gasteiger partial charge in [0.2, 0.25) is 11.8 Å². The minimum atomic E-state index is -0.296. The fraction of sp³-hybridized carbons (Fsp3) is 0.636. The number of likely N-dealkylation sites (tertiary alicyclic amines) is 2. The van der Waals surface area contributed by atoms with E-state index in [0.29, 0.717) is 18.9 Å². The number of rotatable bonds is 6. The molecule has 3 rings (SSSR count). The van der Waals surface area contributed by atoms with Crippen molar-refractivity contribution in [3.05, 3.63) is 35.9 Å². The molecule has 1 N–H and O–H groups in total. The first-order chi connectivity index (χ1) is 13.0. The predicted molar refractivity (Wildman–Crippen MR) is 107 cm³/mol. The van der Waals surface area contributed by atoms with Gasteiger partial charge in [0, 0.05) is 32.2 Å². The van der Waals surface area contributed by atoms with Gasteiger partial charge in [-0.1, -0.05) is 44.2 Å². The monoisotopic (exact) mass is 371 g/mol. The fourth-order valence-corrected chi connectivity index (χ4v) is 4.28. The molecule has 2 aliphatic heterocycles. The van der Waals surface area contributed by atoms with Crippen LogP contribution in [0.5, 0.6) is 0 Å². The van der Waals surface area contributed by atoms with Gasteiger partial charge in [0.25, 0.3) is 0 Å². The molecule has 0 bridgehead atoms. The second kappa shape index (κ2) is 9.36. The summed E-state index contributed by atoms with van der Waals surface area (Å²) in [6, 6.07) is 9.72. The SMILES string of the molecule is CC(C)CN1CCC(NC(=O)C2CCCN2C(=O)Cc2ccccc2)CC1. The zero-order chi connectivity index (χ0) is 19.2. The van der Waals surface area contributed by atoms with E-state index < -0.39 is 0 Å². The molecule has 2 amide bonds. The Labute approximate surface area is 163 Å². The van der Waals surface area contributed by atoms with Crippen LogP contribution in [0, 0.1) is 5.92 Å². The Bertz CT molecular complexity index is 624. The molecule has 0 aliphatic carbocycles. The first kappa shape index (κ1) is 19.9. The molecule has 27 heavy (non-hydrogen) atoms. The Hall–Kier alpha value is -1.88. The maximum Gasteiger partial charge on any atom is 0.243 e. The van der Waals surface area contributed by atoms with Gasteiger partial charge in [-0.2, -0.15) is 0 Å². The third-order valence-corrected chi connectivity index (χ3v) is 5.63. The third-order valence-electron chi connectivity index (χ3n) is 5.63. The summed E-state index contributed by atoms with van der Waals surface area (Å²) in [7, 11) is 0. The summed E-state index contributed by atoms with van der Waals surface area (Å²) in [5.74, 6) is 0.778. The molecule has 1 unspecified atom stereocenters. The van der Waals surface area contributed by atoms with Crippen molar-refractivity contribution in [2.24, 2.45) is 5.92 Å². The van der Waals surface area contributed by atoms with Crippen LogP contribution in [-0.2, 0) is 16.0 Å². The van der Waals surface area contributed by atoms with Crippen LogP contribution < -0.4 is 5.32 Å². The molecule has 0 aromatic heterocycles. The highest BCUT2D eigenvalue weighted by Crippen LogP contribution is 2.20. The van der Waals surface area contributed by atoms with E-state index in [4.69, 9.17) is 0 Å². The number of piperidine rings is 1. The van der Waals surface area contributed by atoms with Gasteiger partial charge in [0.15, 0.2) is 0 Å². The van der Waals surface area contributed by atoms with Crippen LogP contribution in [0.4, 0.5) is 0 Å². The highest BCUT2D eigenvalue weighted by Gasteiger charge is 2.35. The van der Waals surface area contributed by atoms with Crippen LogP contribution >= 0.6 is 0 Å². The van der Waals surface area contributed by atoms with Gasteiger partial charge in [0.05, 0.1) is 6.42 Å². The van der Waals surface area contributed by atoms with E-state index in [-0.39, 0.29) is 23.9 Å². The Morgan fingerprint density at radius 2 is 1.78 bits per heavy atom. The van der Waals surface area contributed by atoms with Gasteiger partial charge in [-0.25, -0.2) is 0 Å². The van der Waals surface area contributed by atoms with Crippen molar-refractivity contribution in [2.45, 2.75) is 58.0 Å². The van der Waals surface area contributed by atoms with Crippen LogP contribution in [0.2, 0.25) is 0 Å². The minimum Gasteiger partial charge on any atom is -0.351 e. The van der Waals surface area contributed by atoms with Crippen LogP contribution in [0.1, 0.15) is 45.1 Å². The van der Waals surface area contributed by atoms with E-state index in [1.807, 2.05) is 30.3 Å². The van der Waals surface area contributed by atoms with E-state index in [0.717, 1.165) is 50.9 Å². The van der Waals surface area contributed by atoms with Crippen LogP contribution in [0.15, 0.2) is 30.3 Å². The lowest BCUT2D eigenvalue weighted by Gasteiger charge is -2.34. The summed E-state index contributed by atoms with van der Waals surface area (Å²) in [6.07, 6.45) is 4.06. The van der Waals surface area contributed by atoms with E-state index in [1.165, 1.54) is 0 Å². The maximum absolute atomic E-state index is 12.8. The highest BCUT2D eigenvalue weighted by atomic mass is 16.2. The van der Waals surface area contributed by atoms with Crippen molar-refractivity contribution >= 4 is 11.8 Å². The van der Waals surface area contributed by atoms with Gasteiger partial charge in [-0.3, -0.25) is 9.59 Å². The number of amides is 2. The van der Waals surface area contributed by atoms with Crippen LogP contribution in [0.25, 0.3) is 0 Å². The molecule has 2 fully saturated rings. The molecule has 5 heteroatoms. The number of hydrogen-bond donors (Lipinski definition) is 1. The van der Waals surface area contributed by atoms with Crippen molar-refractivity contribution in [3.63, 3.8) is 0 Å². The Kier molecular flexibility index (Phi) is 6.89. The van der Waals surface area contributed by atoms with E-state index in [1.54, 1.807) is 4.90 Å². The standard InChI is InChI=1S/C22H33N3O2/c1-17(2)16-24-13-10-19(11-14-24)23-22(27)20-9-6-12-25(20)21(26)15-18-7-4-3-5-8-18/h3-5,7-8,17,19-20H,6,9-16H2,1-2H3,(H,23,27). The quantitative estimate of drug-likeness (QED) is 0.836. The summed E-state index contributed by atoms with van der Waals surface area (Å²) in [4.78, 5) is 29.8. The normalized spacial score (nSPS) is 21.6. The largest absolute Gasteiger partial charge is 0.351 e. The molecule has 0 radical (unpaired) electrons. The molecule has 148 valence electrons. The van der Waals surface area contributed by atoms with Crippen molar-refractivity contribution in [1.29, 1.82) is 0 Å². The van der Waals surface area contributed by atoms with Crippen LogP contribution in [0.3, 0.4) is 0 Å². The molecule has 2 heterocycles. The van der Waals surface area contributed by atoms with Crippen molar-refractivity contribution < 1.29 is 9.59 Å². The van der Waals surface area contributed by atoms with Crippen molar-refractivity contribution in [3.8, 4) is 0 Å². The van der Waals surface area contributed by atoms with Crippen LogP contribution in [-0.4, -0.2) is 59.9 Å². The lowest BCUT2D eigenvalue weighted by molar-refractivity contribution is -0.138. The summed E-state index contributed by atoms with van der Waals surface area (Å²) >= 11 is 0.